The van der Waals surface area contributed by atoms with Gasteiger partial charge >= 0.3 is 0 Å². The molecule has 3 atom stereocenters. The van der Waals surface area contributed by atoms with Crippen molar-refractivity contribution in [3.63, 3.8) is 0 Å². The van der Waals surface area contributed by atoms with Crippen molar-refractivity contribution in [1.82, 2.24) is 4.90 Å². The minimum absolute atomic E-state index is 0.136. The molecule has 0 aromatic rings. The van der Waals surface area contributed by atoms with Crippen LogP contribution >= 0.6 is 0 Å². The zero-order valence-corrected chi connectivity index (χ0v) is 8.53. The van der Waals surface area contributed by atoms with Crippen LogP contribution < -0.4 is 5.73 Å². The third-order valence-electron chi connectivity index (χ3n) is 2.78. The molecule has 0 radical (unpaired) electrons. The smallest absolute Gasteiger partial charge is 0.0666 e. The summed E-state index contributed by atoms with van der Waals surface area (Å²) >= 11 is 0. The Kier molecular flexibility index (Phi) is 3.71. The summed E-state index contributed by atoms with van der Waals surface area (Å²) in [6.07, 6.45) is 2.14. The Morgan fingerprint density at radius 3 is 2.92 bits per heavy atom. The van der Waals surface area contributed by atoms with Crippen molar-refractivity contribution in [2.75, 3.05) is 13.1 Å². The van der Waals surface area contributed by atoms with E-state index in [1.165, 1.54) is 0 Å². The molecule has 0 bridgehead atoms. The first kappa shape index (κ1) is 10.5. The molecule has 0 aromatic carbocycles. The van der Waals surface area contributed by atoms with Gasteiger partial charge in [-0.15, -0.1) is 0 Å². The van der Waals surface area contributed by atoms with Crippen LogP contribution in [-0.4, -0.2) is 30.1 Å². The lowest BCUT2D eigenvalue weighted by molar-refractivity contribution is 0.138. The summed E-state index contributed by atoms with van der Waals surface area (Å²) in [5.41, 5.74) is 5.86. The molecule has 0 aliphatic carbocycles. The van der Waals surface area contributed by atoms with Crippen molar-refractivity contribution >= 4 is 0 Å². The number of nitrogens with zero attached hydrogens (tertiary/aromatic N) is 2. The zero-order valence-electron chi connectivity index (χ0n) is 8.53. The highest BCUT2D eigenvalue weighted by Crippen LogP contribution is 2.16. The Balaban J connectivity index is 2.39. The maximum atomic E-state index is 8.70. The van der Waals surface area contributed by atoms with E-state index in [0.717, 1.165) is 25.9 Å². The van der Waals surface area contributed by atoms with Crippen LogP contribution in [0.3, 0.4) is 0 Å². The van der Waals surface area contributed by atoms with Gasteiger partial charge in [-0.25, -0.2) is 0 Å². The van der Waals surface area contributed by atoms with E-state index in [9.17, 15) is 0 Å². The summed E-state index contributed by atoms with van der Waals surface area (Å²) in [5.74, 6) is 0.136. The van der Waals surface area contributed by atoms with Crippen LogP contribution in [0, 0.1) is 17.2 Å². The van der Waals surface area contributed by atoms with Crippen LogP contribution in [0.1, 0.15) is 26.7 Å². The van der Waals surface area contributed by atoms with Crippen molar-refractivity contribution in [1.29, 1.82) is 5.26 Å². The molecule has 2 N–H and O–H groups in total. The summed E-state index contributed by atoms with van der Waals surface area (Å²) in [6.45, 7) is 6.11. The van der Waals surface area contributed by atoms with Gasteiger partial charge in [0.1, 0.15) is 0 Å². The third kappa shape index (κ3) is 2.98. The van der Waals surface area contributed by atoms with Crippen molar-refractivity contribution in [2.45, 2.75) is 38.8 Å². The van der Waals surface area contributed by atoms with Gasteiger partial charge in [-0.3, -0.25) is 4.90 Å². The first-order chi connectivity index (χ1) is 6.13. The normalized spacial score (nSPS) is 32.5. The van der Waals surface area contributed by atoms with Crippen LogP contribution in [0.4, 0.5) is 0 Å². The first-order valence-corrected chi connectivity index (χ1v) is 5.02. The first-order valence-electron chi connectivity index (χ1n) is 5.02. The van der Waals surface area contributed by atoms with Gasteiger partial charge in [-0.2, -0.15) is 5.26 Å². The van der Waals surface area contributed by atoms with Gasteiger partial charge in [0.2, 0.25) is 0 Å². The number of hydrogen-bond donors (Lipinski definition) is 1. The van der Waals surface area contributed by atoms with Crippen molar-refractivity contribution in [3.05, 3.63) is 0 Å². The average Bonchev–Trinajstić information content (AvgIpc) is 2.09. The largest absolute Gasteiger partial charge is 0.328 e. The van der Waals surface area contributed by atoms with Crippen LogP contribution in [0.15, 0.2) is 0 Å². The number of nitrogens with two attached hydrogens (primary N) is 1. The van der Waals surface area contributed by atoms with Crippen molar-refractivity contribution in [2.24, 2.45) is 11.7 Å². The number of likely N-dealkylation sites (tertiary alicyclic amines) is 1. The lowest BCUT2D eigenvalue weighted by atomic mass is 9.98. The standard InChI is InChI=1S/C10H19N3/c1-8(6-11)7-13-4-3-10(12)5-9(13)2/h8-10H,3-5,7,12H2,1-2H3. The number of piperidine rings is 1. The van der Waals surface area contributed by atoms with E-state index in [-0.39, 0.29) is 5.92 Å². The van der Waals surface area contributed by atoms with Gasteiger partial charge in [0, 0.05) is 18.6 Å². The maximum Gasteiger partial charge on any atom is 0.0666 e. The predicted octanol–water partition coefficient (Wildman–Crippen LogP) is 0.958. The molecule has 0 amide bonds. The molecule has 0 aromatic heterocycles. The summed E-state index contributed by atoms with van der Waals surface area (Å²) in [5, 5.41) is 8.70. The second-order valence-corrected chi connectivity index (χ2v) is 4.16. The molecule has 13 heavy (non-hydrogen) atoms. The number of rotatable bonds is 2. The highest BCUT2D eigenvalue weighted by molar-refractivity contribution is 4.86. The van der Waals surface area contributed by atoms with Gasteiger partial charge < -0.3 is 5.73 Å². The molecule has 1 heterocycles. The van der Waals surface area contributed by atoms with Crippen LogP contribution in [0.5, 0.6) is 0 Å². The van der Waals surface area contributed by atoms with E-state index in [1.807, 2.05) is 6.92 Å². The number of hydrogen-bond acceptors (Lipinski definition) is 3. The van der Waals surface area contributed by atoms with E-state index in [0.29, 0.717) is 12.1 Å². The second-order valence-electron chi connectivity index (χ2n) is 4.16. The van der Waals surface area contributed by atoms with E-state index in [4.69, 9.17) is 11.0 Å². The van der Waals surface area contributed by atoms with E-state index in [1.54, 1.807) is 0 Å². The number of nitriles is 1. The molecule has 3 nitrogen and oxygen atoms in total. The molecular formula is C10H19N3. The highest BCUT2D eigenvalue weighted by Gasteiger charge is 2.23. The second kappa shape index (κ2) is 4.59. The van der Waals surface area contributed by atoms with Crippen molar-refractivity contribution in [3.8, 4) is 6.07 Å². The summed E-state index contributed by atoms with van der Waals surface area (Å²) in [6, 6.07) is 3.18. The minimum atomic E-state index is 0.136. The molecule has 74 valence electrons. The van der Waals surface area contributed by atoms with Crippen LogP contribution in [-0.2, 0) is 0 Å². The Morgan fingerprint density at radius 2 is 2.38 bits per heavy atom. The fourth-order valence-electron chi connectivity index (χ4n) is 1.92. The molecule has 0 saturated carbocycles. The van der Waals surface area contributed by atoms with Crippen molar-refractivity contribution < 1.29 is 0 Å². The molecule has 1 rings (SSSR count). The van der Waals surface area contributed by atoms with Crippen LogP contribution in [0.2, 0.25) is 0 Å². The maximum absolute atomic E-state index is 8.70. The van der Waals surface area contributed by atoms with Crippen LogP contribution in [0.25, 0.3) is 0 Å². The summed E-state index contributed by atoms with van der Waals surface area (Å²) < 4.78 is 0. The highest BCUT2D eigenvalue weighted by atomic mass is 15.2. The SMILES string of the molecule is CC(C#N)CN1CCC(N)CC1C. The lowest BCUT2D eigenvalue weighted by Gasteiger charge is -2.36. The molecule has 3 unspecified atom stereocenters. The molecule has 0 spiro atoms. The lowest BCUT2D eigenvalue weighted by Crippen LogP contribution is -2.46. The molecule has 1 aliphatic rings. The predicted molar refractivity (Wildman–Crippen MR) is 53.0 cm³/mol. The zero-order chi connectivity index (χ0) is 9.84. The van der Waals surface area contributed by atoms with Gasteiger partial charge in [0.25, 0.3) is 0 Å². The Morgan fingerprint density at radius 1 is 1.69 bits per heavy atom. The molecule has 1 fully saturated rings. The third-order valence-corrected chi connectivity index (χ3v) is 2.78. The molecule has 1 aliphatic heterocycles. The topological polar surface area (TPSA) is 53.0 Å². The average molecular weight is 181 g/mol. The molecular weight excluding hydrogens is 162 g/mol. The van der Waals surface area contributed by atoms with Gasteiger partial charge in [0.15, 0.2) is 0 Å². The van der Waals surface area contributed by atoms with E-state index < -0.39 is 0 Å². The fraction of sp³-hybridized carbons (Fsp3) is 0.900. The van der Waals surface area contributed by atoms with Gasteiger partial charge in [0.05, 0.1) is 12.0 Å². The minimum Gasteiger partial charge on any atom is -0.328 e. The Hall–Kier alpha value is -0.590. The summed E-state index contributed by atoms with van der Waals surface area (Å²) in [4.78, 5) is 2.37. The monoisotopic (exact) mass is 181 g/mol. The molecule has 1 saturated heterocycles. The van der Waals surface area contributed by atoms with E-state index >= 15 is 0 Å². The molecule has 3 heteroatoms. The van der Waals surface area contributed by atoms with E-state index in [2.05, 4.69) is 17.9 Å². The van der Waals surface area contributed by atoms with Gasteiger partial charge in [-0.05, 0) is 33.2 Å². The van der Waals surface area contributed by atoms with Gasteiger partial charge in [-0.1, -0.05) is 0 Å². The Bertz CT molecular complexity index is 197. The summed E-state index contributed by atoms with van der Waals surface area (Å²) in [7, 11) is 0. The fourth-order valence-corrected chi connectivity index (χ4v) is 1.92. The Labute approximate surface area is 80.5 Å². The quantitative estimate of drug-likeness (QED) is 0.690.